The molecule has 0 spiro atoms. The third kappa shape index (κ3) is 8.93. The fourth-order valence-corrected chi connectivity index (χ4v) is 2.35. The monoisotopic (exact) mass is 388 g/mol. The Labute approximate surface area is 158 Å². The molecule has 1 rings (SSSR count). The van der Waals surface area contributed by atoms with E-state index < -0.39 is 24.2 Å². The summed E-state index contributed by atoms with van der Waals surface area (Å²) in [6, 6.07) is 5.16. The zero-order valence-corrected chi connectivity index (χ0v) is 15.8. The summed E-state index contributed by atoms with van der Waals surface area (Å²) in [4.78, 5) is 23.6. The highest BCUT2D eigenvalue weighted by atomic mass is 19.4. The van der Waals surface area contributed by atoms with Gasteiger partial charge in [0.25, 0.3) is 0 Å². The number of benzene rings is 1. The molecule has 7 heteroatoms. The smallest absolute Gasteiger partial charge is 0.425 e. The van der Waals surface area contributed by atoms with E-state index in [1.54, 1.807) is 0 Å². The third-order valence-corrected chi connectivity index (χ3v) is 4.08. The highest BCUT2D eigenvalue weighted by Gasteiger charge is 2.39. The van der Waals surface area contributed by atoms with Crippen molar-refractivity contribution in [3.05, 3.63) is 35.4 Å². The van der Waals surface area contributed by atoms with Gasteiger partial charge >= 0.3 is 18.1 Å². The maximum absolute atomic E-state index is 12.4. The lowest BCUT2D eigenvalue weighted by atomic mass is 10.1. The van der Waals surface area contributed by atoms with Crippen LogP contribution in [-0.2, 0) is 9.47 Å². The Balaban J connectivity index is 2.36. The molecule has 0 fully saturated rings. The summed E-state index contributed by atoms with van der Waals surface area (Å²) in [6.45, 7) is 3.24. The van der Waals surface area contributed by atoms with Crippen molar-refractivity contribution in [3.8, 4) is 0 Å². The molecule has 152 valence electrons. The molecule has 1 aromatic carbocycles. The summed E-state index contributed by atoms with van der Waals surface area (Å²) in [5, 5.41) is 0. The molecule has 0 aliphatic heterocycles. The van der Waals surface area contributed by atoms with E-state index in [0.717, 1.165) is 26.2 Å². The van der Waals surface area contributed by atoms with Gasteiger partial charge in [-0.1, -0.05) is 45.4 Å². The standard InChI is InChI=1S/C20H27F3O4/c1-3-4-5-6-7-8-9-14-26-18(24)16-10-12-17(13-11-16)19(25)27-15(2)20(21,22)23/h10-13,15H,3-9,14H2,1-2H3. The van der Waals surface area contributed by atoms with Gasteiger partial charge in [-0.05, 0) is 37.6 Å². The van der Waals surface area contributed by atoms with Crippen LogP contribution in [0.3, 0.4) is 0 Å². The number of rotatable bonds is 11. The second-order valence-electron chi connectivity index (χ2n) is 6.42. The number of alkyl halides is 3. The minimum atomic E-state index is -4.62. The number of unbranched alkanes of at least 4 members (excludes halogenated alkanes) is 6. The topological polar surface area (TPSA) is 52.6 Å². The van der Waals surface area contributed by atoms with Crippen LogP contribution in [0.5, 0.6) is 0 Å². The Hall–Kier alpha value is -2.05. The van der Waals surface area contributed by atoms with Gasteiger partial charge in [0, 0.05) is 0 Å². The van der Waals surface area contributed by atoms with E-state index >= 15 is 0 Å². The van der Waals surface area contributed by atoms with Crippen LogP contribution in [0.15, 0.2) is 24.3 Å². The first kappa shape index (κ1) is 23.0. The number of esters is 2. The Morgan fingerprint density at radius 3 is 1.89 bits per heavy atom. The van der Waals surface area contributed by atoms with Gasteiger partial charge in [0.1, 0.15) is 0 Å². The summed E-state index contributed by atoms with van der Waals surface area (Å²) in [6.07, 6.45) is 0.954. The minimum Gasteiger partial charge on any atom is -0.462 e. The van der Waals surface area contributed by atoms with E-state index in [9.17, 15) is 22.8 Å². The Bertz CT molecular complexity index is 582. The van der Waals surface area contributed by atoms with Crippen molar-refractivity contribution in [1.82, 2.24) is 0 Å². The second kappa shape index (κ2) is 11.6. The molecule has 1 aromatic rings. The van der Waals surface area contributed by atoms with Gasteiger partial charge in [-0.2, -0.15) is 13.2 Å². The van der Waals surface area contributed by atoms with Gasteiger partial charge in [-0.15, -0.1) is 0 Å². The zero-order chi connectivity index (χ0) is 20.3. The van der Waals surface area contributed by atoms with Crippen molar-refractivity contribution in [2.45, 2.75) is 71.1 Å². The van der Waals surface area contributed by atoms with Crippen molar-refractivity contribution in [3.63, 3.8) is 0 Å². The van der Waals surface area contributed by atoms with E-state index in [1.807, 2.05) is 0 Å². The van der Waals surface area contributed by atoms with Crippen molar-refractivity contribution >= 4 is 11.9 Å². The first-order valence-corrected chi connectivity index (χ1v) is 9.30. The Morgan fingerprint density at radius 1 is 0.889 bits per heavy atom. The molecule has 0 saturated heterocycles. The van der Waals surface area contributed by atoms with Crippen LogP contribution in [0.1, 0.15) is 79.5 Å². The Morgan fingerprint density at radius 2 is 1.37 bits per heavy atom. The normalized spacial score (nSPS) is 12.5. The molecular formula is C20H27F3O4. The summed E-state index contributed by atoms with van der Waals surface area (Å²) < 4.78 is 46.7. The molecule has 0 N–H and O–H groups in total. The molecule has 0 bridgehead atoms. The quantitative estimate of drug-likeness (QED) is 0.360. The number of carbonyl (C=O) groups excluding carboxylic acids is 2. The van der Waals surface area contributed by atoms with Crippen molar-refractivity contribution in [2.75, 3.05) is 6.61 Å². The van der Waals surface area contributed by atoms with Gasteiger partial charge in [-0.3, -0.25) is 0 Å². The number of hydrogen-bond donors (Lipinski definition) is 0. The predicted octanol–water partition coefficient (Wildman–Crippen LogP) is 5.70. The minimum absolute atomic E-state index is 0.0604. The molecule has 0 saturated carbocycles. The maximum Gasteiger partial charge on any atom is 0.425 e. The SMILES string of the molecule is CCCCCCCCCOC(=O)c1ccc(C(=O)OC(C)C(F)(F)F)cc1. The van der Waals surface area contributed by atoms with E-state index in [-0.39, 0.29) is 11.1 Å². The largest absolute Gasteiger partial charge is 0.462 e. The van der Waals surface area contributed by atoms with Crippen LogP contribution in [-0.4, -0.2) is 30.8 Å². The number of carbonyl (C=O) groups is 2. The first-order chi connectivity index (χ1) is 12.8. The highest BCUT2D eigenvalue weighted by molar-refractivity contribution is 5.93. The lowest BCUT2D eigenvalue weighted by Crippen LogP contribution is -2.30. The van der Waals surface area contributed by atoms with E-state index in [1.165, 1.54) is 49.9 Å². The fraction of sp³-hybridized carbons (Fsp3) is 0.600. The molecule has 0 amide bonds. The fourth-order valence-electron chi connectivity index (χ4n) is 2.35. The molecule has 0 aromatic heterocycles. The first-order valence-electron chi connectivity index (χ1n) is 9.30. The molecule has 0 radical (unpaired) electrons. The molecule has 1 atom stereocenters. The van der Waals surface area contributed by atoms with Gasteiger partial charge in [0.05, 0.1) is 17.7 Å². The number of hydrogen-bond acceptors (Lipinski definition) is 4. The average molecular weight is 388 g/mol. The molecule has 0 heterocycles. The summed E-state index contributed by atoms with van der Waals surface area (Å²) in [5.41, 5.74) is 0.174. The second-order valence-corrected chi connectivity index (χ2v) is 6.42. The van der Waals surface area contributed by atoms with Crippen LogP contribution < -0.4 is 0 Å². The molecule has 0 aliphatic carbocycles. The van der Waals surface area contributed by atoms with Crippen LogP contribution in [0.4, 0.5) is 13.2 Å². The van der Waals surface area contributed by atoms with E-state index in [0.29, 0.717) is 6.61 Å². The van der Waals surface area contributed by atoms with Crippen LogP contribution in [0.25, 0.3) is 0 Å². The highest BCUT2D eigenvalue weighted by Crippen LogP contribution is 2.23. The number of halogens is 3. The molecule has 27 heavy (non-hydrogen) atoms. The predicted molar refractivity (Wildman–Crippen MR) is 95.7 cm³/mol. The zero-order valence-electron chi connectivity index (χ0n) is 15.8. The number of ether oxygens (including phenoxy) is 2. The van der Waals surface area contributed by atoms with Gasteiger partial charge < -0.3 is 9.47 Å². The molecule has 0 aliphatic rings. The molecular weight excluding hydrogens is 361 g/mol. The van der Waals surface area contributed by atoms with Gasteiger partial charge in [-0.25, -0.2) is 9.59 Å². The summed E-state index contributed by atoms with van der Waals surface area (Å²) >= 11 is 0. The van der Waals surface area contributed by atoms with Crippen molar-refractivity contribution in [1.29, 1.82) is 0 Å². The maximum atomic E-state index is 12.4. The van der Waals surface area contributed by atoms with Gasteiger partial charge in [0.15, 0.2) is 6.10 Å². The Kier molecular flexibility index (Phi) is 9.89. The van der Waals surface area contributed by atoms with Crippen LogP contribution in [0, 0.1) is 0 Å². The van der Waals surface area contributed by atoms with E-state index in [4.69, 9.17) is 4.74 Å². The molecule has 4 nitrogen and oxygen atoms in total. The third-order valence-electron chi connectivity index (χ3n) is 4.08. The lowest BCUT2D eigenvalue weighted by Gasteiger charge is -2.16. The lowest BCUT2D eigenvalue weighted by molar-refractivity contribution is -0.198. The van der Waals surface area contributed by atoms with Gasteiger partial charge in [0.2, 0.25) is 0 Å². The summed E-state index contributed by atoms with van der Waals surface area (Å²) in [7, 11) is 0. The van der Waals surface area contributed by atoms with E-state index in [2.05, 4.69) is 11.7 Å². The van der Waals surface area contributed by atoms with Crippen molar-refractivity contribution in [2.24, 2.45) is 0 Å². The summed E-state index contributed by atoms with van der Waals surface area (Å²) in [5.74, 6) is -1.62. The molecule has 1 unspecified atom stereocenters. The van der Waals surface area contributed by atoms with Crippen LogP contribution in [0.2, 0.25) is 0 Å². The van der Waals surface area contributed by atoms with Crippen LogP contribution >= 0.6 is 0 Å². The van der Waals surface area contributed by atoms with Crippen molar-refractivity contribution < 1.29 is 32.2 Å². The average Bonchev–Trinajstić information content (AvgIpc) is 2.63.